The van der Waals surface area contributed by atoms with Crippen LogP contribution in [0.1, 0.15) is 44.6 Å². The lowest BCUT2D eigenvalue weighted by Gasteiger charge is -2.19. The van der Waals surface area contributed by atoms with Gasteiger partial charge in [0, 0.05) is 18.7 Å². The van der Waals surface area contributed by atoms with E-state index in [2.05, 4.69) is 25.1 Å². The molecule has 1 heterocycles. The van der Waals surface area contributed by atoms with Crippen molar-refractivity contribution in [2.45, 2.75) is 45.4 Å². The minimum absolute atomic E-state index is 0.285. The Balaban J connectivity index is 2.12. The van der Waals surface area contributed by atoms with Crippen LogP contribution in [0.5, 0.6) is 0 Å². The first kappa shape index (κ1) is 12.2. The number of amides is 1. The molecular weight excluding hydrogens is 210 g/mol. The molecule has 0 spiro atoms. The van der Waals surface area contributed by atoms with Gasteiger partial charge in [0.05, 0.1) is 0 Å². The summed E-state index contributed by atoms with van der Waals surface area (Å²) in [5, 5.41) is 0. The molecule has 0 N–H and O–H groups in total. The van der Waals surface area contributed by atoms with E-state index in [-0.39, 0.29) is 5.91 Å². The number of hydrogen-bond acceptors (Lipinski definition) is 1. The van der Waals surface area contributed by atoms with Crippen molar-refractivity contribution in [3.63, 3.8) is 0 Å². The van der Waals surface area contributed by atoms with Gasteiger partial charge in [-0.05, 0) is 30.9 Å². The molecule has 0 radical (unpaired) electrons. The van der Waals surface area contributed by atoms with E-state index >= 15 is 0 Å². The number of benzene rings is 1. The molecule has 2 heteroatoms. The van der Waals surface area contributed by atoms with Crippen LogP contribution in [0.15, 0.2) is 24.3 Å². The summed E-state index contributed by atoms with van der Waals surface area (Å²) in [6.07, 6.45) is 6.53. The third-order valence-corrected chi connectivity index (χ3v) is 3.41. The summed E-state index contributed by atoms with van der Waals surface area (Å²) in [6.45, 7) is 3.11. The fourth-order valence-corrected chi connectivity index (χ4v) is 2.45. The highest BCUT2D eigenvalue weighted by atomic mass is 16.2. The molecule has 2 rings (SSSR count). The van der Waals surface area contributed by atoms with Gasteiger partial charge in [-0.15, -0.1) is 0 Å². The second-order valence-corrected chi connectivity index (χ2v) is 4.73. The fourth-order valence-electron chi connectivity index (χ4n) is 2.45. The zero-order valence-corrected chi connectivity index (χ0v) is 10.6. The lowest BCUT2D eigenvalue weighted by atomic mass is 10.0. The molecule has 0 atom stereocenters. The second kappa shape index (κ2) is 5.85. The van der Waals surface area contributed by atoms with E-state index in [9.17, 15) is 4.79 Å². The van der Waals surface area contributed by atoms with Crippen molar-refractivity contribution in [3.05, 3.63) is 29.8 Å². The summed E-state index contributed by atoms with van der Waals surface area (Å²) in [5.41, 5.74) is 2.47. The molecular formula is C15H21NO. The highest BCUT2D eigenvalue weighted by Gasteiger charge is 2.23. The van der Waals surface area contributed by atoms with Gasteiger partial charge in [-0.3, -0.25) is 4.79 Å². The number of rotatable bonds is 5. The molecule has 1 aromatic rings. The maximum Gasteiger partial charge on any atom is 0.227 e. The predicted octanol–water partition coefficient (Wildman–Crippen LogP) is 3.55. The number of aryl methyl sites for hydroxylation is 1. The molecule has 0 aliphatic carbocycles. The third kappa shape index (κ3) is 2.87. The SMILES string of the molecule is CCCCCc1ccccc1N1CCCC1=O. The van der Waals surface area contributed by atoms with Gasteiger partial charge in [-0.2, -0.15) is 0 Å². The number of anilines is 1. The summed E-state index contributed by atoms with van der Waals surface area (Å²) in [6, 6.07) is 8.36. The molecule has 17 heavy (non-hydrogen) atoms. The van der Waals surface area contributed by atoms with Crippen LogP contribution in [0.2, 0.25) is 0 Å². The Morgan fingerprint density at radius 1 is 1.24 bits per heavy atom. The Morgan fingerprint density at radius 3 is 2.76 bits per heavy atom. The Bertz CT molecular complexity index is 386. The van der Waals surface area contributed by atoms with Gasteiger partial charge >= 0.3 is 0 Å². The summed E-state index contributed by atoms with van der Waals surface area (Å²) in [4.78, 5) is 13.7. The average molecular weight is 231 g/mol. The maximum absolute atomic E-state index is 11.8. The topological polar surface area (TPSA) is 20.3 Å². The minimum Gasteiger partial charge on any atom is -0.312 e. The van der Waals surface area contributed by atoms with E-state index in [1.807, 2.05) is 11.0 Å². The molecule has 1 amide bonds. The number of unbranched alkanes of at least 4 members (excludes halogenated alkanes) is 2. The maximum atomic E-state index is 11.8. The van der Waals surface area contributed by atoms with Crippen LogP contribution < -0.4 is 4.90 Å². The zero-order chi connectivity index (χ0) is 12.1. The monoisotopic (exact) mass is 231 g/mol. The molecule has 1 fully saturated rings. The Labute approximate surface area is 104 Å². The molecule has 0 aromatic heterocycles. The molecule has 1 aliphatic rings. The molecule has 0 saturated carbocycles. The summed E-state index contributed by atoms with van der Waals surface area (Å²) < 4.78 is 0. The van der Waals surface area contributed by atoms with Crippen molar-refractivity contribution >= 4 is 11.6 Å². The van der Waals surface area contributed by atoms with Crippen molar-refractivity contribution in [3.8, 4) is 0 Å². The molecule has 0 bridgehead atoms. The van der Waals surface area contributed by atoms with E-state index in [0.717, 1.165) is 25.1 Å². The number of nitrogens with zero attached hydrogens (tertiary/aromatic N) is 1. The third-order valence-electron chi connectivity index (χ3n) is 3.41. The highest BCUT2D eigenvalue weighted by Crippen LogP contribution is 2.26. The second-order valence-electron chi connectivity index (χ2n) is 4.73. The number of para-hydroxylation sites is 1. The normalized spacial score (nSPS) is 15.6. The quantitative estimate of drug-likeness (QED) is 0.710. The highest BCUT2D eigenvalue weighted by molar-refractivity contribution is 5.96. The van der Waals surface area contributed by atoms with E-state index in [0.29, 0.717) is 6.42 Å². The summed E-state index contributed by atoms with van der Waals surface area (Å²) in [7, 11) is 0. The van der Waals surface area contributed by atoms with Crippen LogP contribution in [0.4, 0.5) is 5.69 Å². The summed E-state index contributed by atoms with van der Waals surface area (Å²) in [5.74, 6) is 0.285. The van der Waals surface area contributed by atoms with Crippen LogP contribution in [0.25, 0.3) is 0 Å². The molecule has 1 aliphatic heterocycles. The predicted molar refractivity (Wildman–Crippen MR) is 71.3 cm³/mol. The van der Waals surface area contributed by atoms with E-state index in [1.54, 1.807) is 0 Å². The minimum atomic E-state index is 0.285. The first-order chi connectivity index (χ1) is 8.33. The van der Waals surface area contributed by atoms with Crippen LogP contribution in [0, 0.1) is 0 Å². The van der Waals surface area contributed by atoms with E-state index in [4.69, 9.17) is 0 Å². The van der Waals surface area contributed by atoms with Crippen molar-refractivity contribution in [2.24, 2.45) is 0 Å². The van der Waals surface area contributed by atoms with Crippen LogP contribution in [-0.4, -0.2) is 12.5 Å². The molecule has 1 saturated heterocycles. The zero-order valence-electron chi connectivity index (χ0n) is 10.6. The van der Waals surface area contributed by atoms with Crippen molar-refractivity contribution in [1.29, 1.82) is 0 Å². The van der Waals surface area contributed by atoms with E-state index in [1.165, 1.54) is 24.8 Å². The van der Waals surface area contributed by atoms with Crippen molar-refractivity contribution in [1.82, 2.24) is 0 Å². The van der Waals surface area contributed by atoms with Crippen LogP contribution in [-0.2, 0) is 11.2 Å². The van der Waals surface area contributed by atoms with Crippen LogP contribution in [0.3, 0.4) is 0 Å². The van der Waals surface area contributed by atoms with Crippen LogP contribution >= 0.6 is 0 Å². The van der Waals surface area contributed by atoms with Gasteiger partial charge < -0.3 is 4.90 Å². The first-order valence-corrected chi connectivity index (χ1v) is 6.71. The molecule has 2 nitrogen and oxygen atoms in total. The van der Waals surface area contributed by atoms with Gasteiger partial charge in [0.15, 0.2) is 0 Å². The summed E-state index contributed by atoms with van der Waals surface area (Å²) >= 11 is 0. The molecule has 0 unspecified atom stereocenters. The average Bonchev–Trinajstić information content (AvgIpc) is 2.76. The van der Waals surface area contributed by atoms with Crippen molar-refractivity contribution in [2.75, 3.05) is 11.4 Å². The fraction of sp³-hybridized carbons (Fsp3) is 0.533. The van der Waals surface area contributed by atoms with E-state index < -0.39 is 0 Å². The van der Waals surface area contributed by atoms with Gasteiger partial charge in [-0.1, -0.05) is 38.0 Å². The van der Waals surface area contributed by atoms with Gasteiger partial charge in [0.25, 0.3) is 0 Å². The molecule has 1 aromatic carbocycles. The Kier molecular flexibility index (Phi) is 4.18. The number of carbonyl (C=O) groups is 1. The Hall–Kier alpha value is -1.31. The van der Waals surface area contributed by atoms with Gasteiger partial charge in [0.1, 0.15) is 0 Å². The smallest absolute Gasteiger partial charge is 0.227 e. The number of carbonyl (C=O) groups excluding carboxylic acids is 1. The molecule has 92 valence electrons. The standard InChI is InChI=1S/C15H21NO/c1-2-3-4-8-13-9-5-6-10-14(13)16-12-7-11-15(16)17/h5-6,9-10H,2-4,7-8,11-12H2,1H3. The van der Waals surface area contributed by atoms with Crippen molar-refractivity contribution < 1.29 is 4.79 Å². The first-order valence-electron chi connectivity index (χ1n) is 6.71. The lowest BCUT2D eigenvalue weighted by Crippen LogP contribution is -2.24. The largest absolute Gasteiger partial charge is 0.312 e. The lowest BCUT2D eigenvalue weighted by molar-refractivity contribution is -0.117. The van der Waals surface area contributed by atoms with Gasteiger partial charge in [-0.25, -0.2) is 0 Å². The number of hydrogen-bond donors (Lipinski definition) is 0. The Morgan fingerprint density at radius 2 is 2.06 bits per heavy atom. The van der Waals surface area contributed by atoms with Gasteiger partial charge in [0.2, 0.25) is 5.91 Å².